The van der Waals surface area contributed by atoms with Crippen molar-refractivity contribution >= 4 is 23.2 Å². The summed E-state index contributed by atoms with van der Waals surface area (Å²) in [5.74, 6) is 4.03. The average molecular weight is 327 g/mol. The molecule has 2 heterocycles. The molecule has 0 saturated heterocycles. The number of rotatable bonds is 4. The van der Waals surface area contributed by atoms with Crippen molar-refractivity contribution in [1.82, 2.24) is 14.6 Å². The van der Waals surface area contributed by atoms with Crippen molar-refractivity contribution < 1.29 is 19.2 Å². The molecule has 0 aliphatic heterocycles. The van der Waals surface area contributed by atoms with E-state index in [0.29, 0.717) is 16.9 Å². The van der Waals surface area contributed by atoms with Gasteiger partial charge in [0.25, 0.3) is 5.91 Å². The van der Waals surface area contributed by atoms with E-state index in [-0.39, 0.29) is 11.3 Å². The highest BCUT2D eigenvalue weighted by molar-refractivity contribution is 6.09. The Morgan fingerprint density at radius 1 is 1.33 bits per heavy atom. The first-order chi connectivity index (χ1) is 11.6. The monoisotopic (exact) mass is 327 g/mol. The van der Waals surface area contributed by atoms with Crippen molar-refractivity contribution in [1.29, 1.82) is 0 Å². The predicted molar refractivity (Wildman–Crippen MR) is 83.5 cm³/mol. The van der Waals surface area contributed by atoms with Gasteiger partial charge in [-0.3, -0.25) is 4.79 Å². The highest BCUT2D eigenvalue weighted by Gasteiger charge is 2.17. The molecule has 3 rings (SSSR count). The molecule has 0 bridgehead atoms. The number of aromatic nitrogens is 3. The van der Waals surface area contributed by atoms with E-state index < -0.39 is 11.9 Å². The first kappa shape index (κ1) is 15.4. The van der Waals surface area contributed by atoms with Crippen molar-refractivity contribution in [2.75, 3.05) is 12.4 Å². The Bertz CT molecular complexity index is 921. The van der Waals surface area contributed by atoms with Gasteiger partial charge in [-0.25, -0.2) is 14.3 Å². The second kappa shape index (κ2) is 6.34. The highest BCUT2D eigenvalue weighted by Crippen LogP contribution is 2.26. The SMILES string of the molecule is COc1cc(C(=O)ON)ccc1NC(=O)c1cnn2cccnc12. The van der Waals surface area contributed by atoms with E-state index in [1.54, 1.807) is 18.5 Å². The number of benzene rings is 1. The number of hydrogen-bond donors (Lipinski definition) is 2. The third kappa shape index (κ3) is 2.75. The van der Waals surface area contributed by atoms with Crippen LogP contribution in [0.5, 0.6) is 5.75 Å². The van der Waals surface area contributed by atoms with Crippen LogP contribution >= 0.6 is 0 Å². The first-order valence-electron chi connectivity index (χ1n) is 6.83. The maximum atomic E-state index is 12.5. The van der Waals surface area contributed by atoms with Crippen molar-refractivity contribution in [3.05, 3.63) is 54.0 Å². The van der Waals surface area contributed by atoms with Gasteiger partial charge in [-0.2, -0.15) is 11.0 Å². The summed E-state index contributed by atoms with van der Waals surface area (Å²) in [4.78, 5) is 32.2. The maximum Gasteiger partial charge on any atom is 0.356 e. The van der Waals surface area contributed by atoms with Gasteiger partial charge in [0, 0.05) is 12.4 Å². The molecule has 3 aromatic rings. The van der Waals surface area contributed by atoms with Gasteiger partial charge < -0.3 is 14.9 Å². The minimum Gasteiger partial charge on any atom is -0.495 e. The molecule has 9 heteroatoms. The predicted octanol–water partition coefficient (Wildman–Crippen LogP) is 1.02. The molecule has 0 unspecified atom stereocenters. The molecule has 2 aromatic heterocycles. The largest absolute Gasteiger partial charge is 0.495 e. The molecule has 24 heavy (non-hydrogen) atoms. The normalized spacial score (nSPS) is 10.4. The Kier molecular flexibility index (Phi) is 4.08. The van der Waals surface area contributed by atoms with Crippen molar-refractivity contribution in [3.63, 3.8) is 0 Å². The third-order valence-corrected chi connectivity index (χ3v) is 3.32. The van der Waals surface area contributed by atoms with Gasteiger partial charge in [0.15, 0.2) is 5.65 Å². The van der Waals surface area contributed by atoms with Crippen LogP contribution in [0.15, 0.2) is 42.9 Å². The second-order valence-corrected chi connectivity index (χ2v) is 4.72. The van der Waals surface area contributed by atoms with Gasteiger partial charge in [-0.1, -0.05) is 0 Å². The molecule has 122 valence electrons. The fraction of sp³-hybridized carbons (Fsp3) is 0.0667. The Labute approximate surface area is 136 Å². The molecule has 0 saturated carbocycles. The van der Waals surface area contributed by atoms with E-state index in [2.05, 4.69) is 20.2 Å². The fourth-order valence-corrected chi connectivity index (χ4v) is 2.17. The number of carbonyl (C=O) groups is 2. The smallest absolute Gasteiger partial charge is 0.356 e. The highest BCUT2D eigenvalue weighted by atomic mass is 16.7. The maximum absolute atomic E-state index is 12.5. The summed E-state index contributed by atoms with van der Waals surface area (Å²) in [6.45, 7) is 0. The molecule has 3 N–H and O–H groups in total. The number of nitrogens with two attached hydrogens (primary N) is 1. The summed E-state index contributed by atoms with van der Waals surface area (Å²) in [7, 11) is 1.42. The van der Waals surface area contributed by atoms with Gasteiger partial charge in [0.2, 0.25) is 0 Å². The zero-order valence-electron chi connectivity index (χ0n) is 12.6. The molecular weight excluding hydrogens is 314 g/mol. The average Bonchev–Trinajstić information content (AvgIpc) is 3.05. The summed E-state index contributed by atoms with van der Waals surface area (Å²) in [5.41, 5.74) is 1.32. The summed E-state index contributed by atoms with van der Waals surface area (Å²) >= 11 is 0. The van der Waals surface area contributed by atoms with E-state index in [1.807, 2.05) is 0 Å². The Hall–Kier alpha value is -3.46. The minimum atomic E-state index is -0.710. The zero-order chi connectivity index (χ0) is 17.1. The molecule has 9 nitrogen and oxygen atoms in total. The van der Waals surface area contributed by atoms with Crippen LogP contribution < -0.4 is 16.0 Å². The number of nitrogens with one attached hydrogen (secondary N) is 1. The number of ether oxygens (including phenoxy) is 1. The van der Waals surface area contributed by atoms with Crippen molar-refractivity contribution in [2.45, 2.75) is 0 Å². The van der Waals surface area contributed by atoms with Crippen LogP contribution in [-0.2, 0) is 4.84 Å². The molecule has 0 radical (unpaired) electrons. The van der Waals surface area contributed by atoms with Crippen LogP contribution in [0.2, 0.25) is 0 Å². The molecular formula is C15H13N5O4. The molecule has 0 spiro atoms. The van der Waals surface area contributed by atoms with Gasteiger partial charge in [-0.05, 0) is 24.3 Å². The second-order valence-electron chi connectivity index (χ2n) is 4.72. The fourth-order valence-electron chi connectivity index (χ4n) is 2.17. The summed E-state index contributed by atoms with van der Waals surface area (Å²) in [5, 5.41) is 6.76. The van der Waals surface area contributed by atoms with E-state index in [9.17, 15) is 9.59 Å². The first-order valence-corrected chi connectivity index (χ1v) is 6.83. The van der Waals surface area contributed by atoms with Crippen LogP contribution in [0.3, 0.4) is 0 Å². The lowest BCUT2D eigenvalue weighted by Gasteiger charge is -2.10. The molecule has 1 aromatic carbocycles. The summed E-state index contributed by atoms with van der Waals surface area (Å²) in [6, 6.07) is 6.10. The standard InChI is InChI=1S/C15H13N5O4/c1-23-12-7-9(15(22)24-16)3-4-11(12)19-14(21)10-8-18-20-6-2-5-17-13(10)20/h2-8H,16H2,1H3,(H,19,21). The zero-order valence-corrected chi connectivity index (χ0v) is 12.6. The van der Waals surface area contributed by atoms with Crippen LogP contribution in [0.4, 0.5) is 5.69 Å². The van der Waals surface area contributed by atoms with Gasteiger partial charge in [-0.15, -0.1) is 0 Å². The molecule has 0 fully saturated rings. The topological polar surface area (TPSA) is 121 Å². The lowest BCUT2D eigenvalue weighted by atomic mass is 10.2. The van der Waals surface area contributed by atoms with E-state index in [1.165, 1.54) is 36.0 Å². The molecule has 1 amide bonds. The molecule has 0 aliphatic carbocycles. The number of nitrogens with zero attached hydrogens (tertiary/aromatic N) is 3. The quantitative estimate of drug-likeness (QED) is 0.686. The Morgan fingerprint density at radius 3 is 2.92 bits per heavy atom. The number of fused-ring (bicyclic) bond motifs is 1. The number of carbonyl (C=O) groups excluding carboxylic acids is 2. The van der Waals surface area contributed by atoms with E-state index in [4.69, 9.17) is 10.6 Å². The summed E-state index contributed by atoms with van der Waals surface area (Å²) < 4.78 is 6.68. The van der Waals surface area contributed by atoms with Crippen LogP contribution in [0.1, 0.15) is 20.7 Å². The number of amides is 1. The van der Waals surface area contributed by atoms with Gasteiger partial charge in [0.05, 0.1) is 24.6 Å². The van der Waals surface area contributed by atoms with Crippen LogP contribution in [-0.4, -0.2) is 33.6 Å². The lowest BCUT2D eigenvalue weighted by molar-refractivity contribution is 0.0503. The number of anilines is 1. The van der Waals surface area contributed by atoms with E-state index in [0.717, 1.165) is 0 Å². The number of methoxy groups -OCH3 is 1. The number of hydrogen-bond acceptors (Lipinski definition) is 7. The lowest BCUT2D eigenvalue weighted by Crippen LogP contribution is -2.14. The van der Waals surface area contributed by atoms with Crippen molar-refractivity contribution in [3.8, 4) is 5.75 Å². The summed E-state index contributed by atoms with van der Waals surface area (Å²) in [6.07, 6.45) is 4.68. The molecule has 0 atom stereocenters. The van der Waals surface area contributed by atoms with Crippen molar-refractivity contribution in [2.24, 2.45) is 5.90 Å². The minimum absolute atomic E-state index is 0.199. The van der Waals surface area contributed by atoms with Gasteiger partial charge >= 0.3 is 5.97 Å². The van der Waals surface area contributed by atoms with E-state index >= 15 is 0 Å². The Balaban J connectivity index is 1.90. The van der Waals surface area contributed by atoms with Crippen LogP contribution in [0.25, 0.3) is 5.65 Å². The van der Waals surface area contributed by atoms with Gasteiger partial charge in [0.1, 0.15) is 11.3 Å². The third-order valence-electron chi connectivity index (χ3n) is 3.32. The Morgan fingerprint density at radius 2 is 2.17 bits per heavy atom. The molecule has 0 aliphatic rings. The van der Waals surface area contributed by atoms with Crippen LogP contribution in [0, 0.1) is 0 Å².